The summed E-state index contributed by atoms with van der Waals surface area (Å²) in [6, 6.07) is 11.6. The van der Waals surface area contributed by atoms with Crippen molar-refractivity contribution in [3.05, 3.63) is 63.2 Å². The molecule has 0 radical (unpaired) electrons. The van der Waals surface area contributed by atoms with E-state index in [9.17, 15) is 14.9 Å². The Hall–Kier alpha value is -2.60. The number of anilines is 2. The summed E-state index contributed by atoms with van der Waals surface area (Å²) < 4.78 is 0. The molecule has 1 aliphatic heterocycles. The molecule has 1 atom stereocenters. The molecule has 2 aromatic rings. The average molecular weight is 332 g/mol. The van der Waals surface area contributed by atoms with E-state index in [0.29, 0.717) is 5.69 Å². The Labute approximate surface area is 137 Å². The molecule has 0 bridgehead atoms. The van der Waals surface area contributed by atoms with Gasteiger partial charge in [0.1, 0.15) is 5.02 Å². The highest BCUT2D eigenvalue weighted by molar-refractivity contribution is 6.32. The SMILES string of the molecule is C[C@H]1Cc2ccccc2N1C(=O)Nc1ccc(Cl)c([N+](=O)[O-])c1. The van der Waals surface area contributed by atoms with E-state index in [0.717, 1.165) is 17.7 Å². The molecule has 0 aromatic heterocycles. The minimum Gasteiger partial charge on any atom is -0.307 e. The van der Waals surface area contributed by atoms with Crippen molar-refractivity contribution >= 4 is 34.7 Å². The summed E-state index contributed by atoms with van der Waals surface area (Å²) in [5.74, 6) is 0. The molecule has 0 fully saturated rings. The number of hydrogen-bond donors (Lipinski definition) is 1. The molecule has 1 heterocycles. The number of rotatable bonds is 2. The van der Waals surface area contributed by atoms with Gasteiger partial charge in [-0.15, -0.1) is 0 Å². The number of para-hydroxylation sites is 1. The van der Waals surface area contributed by atoms with Gasteiger partial charge in [-0.2, -0.15) is 0 Å². The number of nitrogens with one attached hydrogen (secondary N) is 1. The maximum atomic E-state index is 12.6. The van der Waals surface area contributed by atoms with Crippen molar-refractivity contribution < 1.29 is 9.72 Å². The smallest absolute Gasteiger partial charge is 0.307 e. The third kappa shape index (κ3) is 2.85. The second-order valence-electron chi connectivity index (χ2n) is 5.41. The van der Waals surface area contributed by atoms with Crippen molar-refractivity contribution in [2.45, 2.75) is 19.4 Å². The lowest BCUT2D eigenvalue weighted by Crippen LogP contribution is -2.39. The van der Waals surface area contributed by atoms with Crippen LogP contribution >= 0.6 is 11.6 Å². The van der Waals surface area contributed by atoms with Gasteiger partial charge in [0, 0.05) is 23.5 Å². The number of nitro groups is 1. The number of amides is 2. The molecule has 23 heavy (non-hydrogen) atoms. The van der Waals surface area contributed by atoms with Crippen LogP contribution in [0.15, 0.2) is 42.5 Å². The predicted molar refractivity (Wildman–Crippen MR) is 89.2 cm³/mol. The molecule has 0 saturated carbocycles. The lowest BCUT2D eigenvalue weighted by Gasteiger charge is -2.23. The Bertz CT molecular complexity index is 794. The fourth-order valence-corrected chi connectivity index (χ4v) is 2.98. The molecular weight excluding hydrogens is 318 g/mol. The molecule has 0 saturated heterocycles. The predicted octanol–water partition coefficient (Wildman–Crippen LogP) is 4.23. The zero-order valence-corrected chi connectivity index (χ0v) is 13.1. The fraction of sp³-hybridized carbons (Fsp3) is 0.188. The Balaban J connectivity index is 1.85. The van der Waals surface area contributed by atoms with Gasteiger partial charge in [-0.3, -0.25) is 15.0 Å². The minimum atomic E-state index is -0.578. The van der Waals surface area contributed by atoms with Crippen LogP contribution in [0.5, 0.6) is 0 Å². The first kappa shape index (κ1) is 15.3. The van der Waals surface area contributed by atoms with Crippen LogP contribution in [0.1, 0.15) is 12.5 Å². The number of carbonyl (C=O) groups is 1. The highest BCUT2D eigenvalue weighted by Crippen LogP contribution is 2.33. The third-order valence-electron chi connectivity index (χ3n) is 3.82. The second-order valence-corrected chi connectivity index (χ2v) is 5.81. The Morgan fingerprint density at radius 1 is 1.35 bits per heavy atom. The van der Waals surface area contributed by atoms with Crippen molar-refractivity contribution in [3.8, 4) is 0 Å². The largest absolute Gasteiger partial charge is 0.326 e. The number of fused-ring (bicyclic) bond motifs is 1. The van der Waals surface area contributed by atoms with Crippen molar-refractivity contribution in [2.24, 2.45) is 0 Å². The zero-order valence-electron chi connectivity index (χ0n) is 12.3. The van der Waals surface area contributed by atoms with E-state index in [1.807, 2.05) is 31.2 Å². The summed E-state index contributed by atoms with van der Waals surface area (Å²) in [4.78, 5) is 24.6. The number of hydrogen-bond acceptors (Lipinski definition) is 3. The molecule has 0 aliphatic carbocycles. The van der Waals surface area contributed by atoms with Crippen LogP contribution in [-0.2, 0) is 6.42 Å². The Kier molecular flexibility index (Phi) is 3.92. The highest BCUT2D eigenvalue weighted by atomic mass is 35.5. The number of nitrogens with zero attached hydrogens (tertiary/aromatic N) is 2. The van der Waals surface area contributed by atoms with Crippen LogP contribution in [0.2, 0.25) is 5.02 Å². The molecule has 2 aromatic carbocycles. The van der Waals surface area contributed by atoms with Gasteiger partial charge in [0.25, 0.3) is 5.69 Å². The Morgan fingerprint density at radius 2 is 2.09 bits per heavy atom. The molecule has 7 heteroatoms. The number of carbonyl (C=O) groups excluding carboxylic acids is 1. The van der Waals surface area contributed by atoms with E-state index in [1.54, 1.807) is 11.0 Å². The van der Waals surface area contributed by atoms with Gasteiger partial charge in [0.2, 0.25) is 0 Å². The molecule has 1 N–H and O–H groups in total. The number of urea groups is 1. The van der Waals surface area contributed by atoms with E-state index in [2.05, 4.69) is 5.32 Å². The molecule has 1 aliphatic rings. The lowest BCUT2D eigenvalue weighted by molar-refractivity contribution is -0.384. The maximum Gasteiger partial charge on any atom is 0.326 e. The summed E-state index contributed by atoms with van der Waals surface area (Å²) in [5, 5.41) is 13.7. The summed E-state index contributed by atoms with van der Waals surface area (Å²) in [5.41, 5.74) is 2.07. The van der Waals surface area contributed by atoms with Crippen molar-refractivity contribution in [1.82, 2.24) is 0 Å². The van der Waals surface area contributed by atoms with E-state index in [1.165, 1.54) is 12.1 Å². The van der Waals surface area contributed by atoms with Crippen molar-refractivity contribution in [1.29, 1.82) is 0 Å². The van der Waals surface area contributed by atoms with Crippen molar-refractivity contribution in [3.63, 3.8) is 0 Å². The summed E-state index contributed by atoms with van der Waals surface area (Å²) in [6.07, 6.45) is 0.782. The van der Waals surface area contributed by atoms with Crippen LogP contribution in [0.4, 0.5) is 21.9 Å². The monoisotopic (exact) mass is 331 g/mol. The van der Waals surface area contributed by atoms with Crippen LogP contribution in [0.25, 0.3) is 0 Å². The topological polar surface area (TPSA) is 75.5 Å². The molecule has 2 amide bonds. The first-order chi connectivity index (χ1) is 11.0. The second kappa shape index (κ2) is 5.89. The van der Waals surface area contributed by atoms with Gasteiger partial charge in [-0.1, -0.05) is 29.8 Å². The number of nitro benzene ring substituents is 1. The lowest BCUT2D eigenvalue weighted by atomic mass is 10.1. The third-order valence-corrected chi connectivity index (χ3v) is 4.14. The minimum absolute atomic E-state index is 0.0229. The summed E-state index contributed by atoms with van der Waals surface area (Å²) >= 11 is 5.78. The number of halogens is 1. The molecule has 6 nitrogen and oxygen atoms in total. The molecule has 118 valence electrons. The Morgan fingerprint density at radius 3 is 2.83 bits per heavy atom. The van der Waals surface area contributed by atoms with E-state index in [-0.39, 0.29) is 22.8 Å². The highest BCUT2D eigenvalue weighted by Gasteiger charge is 2.30. The number of benzene rings is 2. The van der Waals surface area contributed by atoms with E-state index >= 15 is 0 Å². The van der Waals surface area contributed by atoms with Gasteiger partial charge in [-0.05, 0) is 37.1 Å². The van der Waals surface area contributed by atoms with E-state index < -0.39 is 4.92 Å². The fourth-order valence-electron chi connectivity index (χ4n) is 2.79. The molecule has 0 spiro atoms. The molecular formula is C16H14ClN3O3. The van der Waals surface area contributed by atoms with Gasteiger partial charge < -0.3 is 5.32 Å². The first-order valence-corrected chi connectivity index (χ1v) is 7.47. The quantitative estimate of drug-likeness (QED) is 0.660. The molecule has 0 unspecified atom stereocenters. The summed E-state index contributed by atoms with van der Waals surface area (Å²) in [7, 11) is 0. The average Bonchev–Trinajstić information content (AvgIpc) is 2.84. The maximum absolute atomic E-state index is 12.6. The van der Waals surface area contributed by atoms with Crippen molar-refractivity contribution in [2.75, 3.05) is 10.2 Å². The van der Waals surface area contributed by atoms with E-state index in [4.69, 9.17) is 11.6 Å². The molecule has 3 rings (SSSR count). The van der Waals surface area contributed by atoms with Gasteiger partial charge in [0.05, 0.1) is 4.92 Å². The van der Waals surface area contributed by atoms with Gasteiger partial charge in [0.15, 0.2) is 0 Å². The zero-order chi connectivity index (χ0) is 16.6. The van der Waals surface area contributed by atoms with Gasteiger partial charge >= 0.3 is 6.03 Å². The van der Waals surface area contributed by atoms with Gasteiger partial charge in [-0.25, -0.2) is 4.79 Å². The first-order valence-electron chi connectivity index (χ1n) is 7.09. The standard InChI is InChI=1S/C16H14ClN3O3/c1-10-8-11-4-2-3-5-14(11)19(10)16(21)18-12-6-7-13(17)15(9-12)20(22)23/h2-7,9-10H,8H2,1H3,(H,18,21)/t10-/m0/s1. The van der Waals surface area contributed by atoms with Crippen LogP contribution in [-0.4, -0.2) is 17.0 Å². The summed E-state index contributed by atoms with van der Waals surface area (Å²) in [6.45, 7) is 1.96. The van der Waals surface area contributed by atoms with Crippen LogP contribution in [0.3, 0.4) is 0 Å². The normalized spacial score (nSPS) is 16.1. The van der Waals surface area contributed by atoms with Crippen LogP contribution in [0, 0.1) is 10.1 Å². The van der Waals surface area contributed by atoms with Crippen LogP contribution < -0.4 is 10.2 Å².